The van der Waals surface area contributed by atoms with E-state index in [0.717, 1.165) is 36.5 Å². The zero-order chi connectivity index (χ0) is 21.7. The zero-order valence-corrected chi connectivity index (χ0v) is 20.3. The lowest BCUT2D eigenvalue weighted by atomic mass is 9.43. The average Bonchev–Trinajstić information content (AvgIpc) is 2.99. The van der Waals surface area contributed by atoms with E-state index in [2.05, 4.69) is 26.1 Å². The molecule has 4 aliphatic carbocycles. The Morgan fingerprint density at radius 1 is 1.03 bits per heavy atom. The van der Waals surface area contributed by atoms with Crippen molar-refractivity contribution >= 4 is 5.91 Å². The van der Waals surface area contributed by atoms with E-state index in [9.17, 15) is 9.90 Å². The van der Waals surface area contributed by atoms with Crippen LogP contribution in [-0.2, 0) is 4.79 Å². The highest BCUT2D eigenvalue weighted by Crippen LogP contribution is 2.68. The van der Waals surface area contributed by atoms with Gasteiger partial charge in [-0.05, 0) is 118 Å². The van der Waals surface area contributed by atoms with Crippen LogP contribution in [0.15, 0.2) is 0 Å². The van der Waals surface area contributed by atoms with E-state index in [-0.39, 0.29) is 18.1 Å². The Labute approximate surface area is 185 Å². The summed E-state index contributed by atoms with van der Waals surface area (Å²) in [4.78, 5) is 12.1. The van der Waals surface area contributed by atoms with Crippen molar-refractivity contribution < 1.29 is 9.90 Å². The second kappa shape index (κ2) is 8.41. The van der Waals surface area contributed by atoms with Crippen LogP contribution in [0.2, 0.25) is 0 Å². The minimum atomic E-state index is -0.0847. The van der Waals surface area contributed by atoms with Gasteiger partial charge in [0.15, 0.2) is 0 Å². The second-order valence-electron chi connectivity index (χ2n) is 12.6. The third-order valence-electron chi connectivity index (χ3n) is 10.5. The van der Waals surface area contributed by atoms with E-state index >= 15 is 0 Å². The van der Waals surface area contributed by atoms with Gasteiger partial charge in [-0.15, -0.1) is 0 Å². The summed E-state index contributed by atoms with van der Waals surface area (Å²) < 4.78 is 0. The largest absolute Gasteiger partial charge is 0.393 e. The minimum Gasteiger partial charge on any atom is -0.393 e. The molecule has 3 nitrogen and oxygen atoms in total. The Morgan fingerprint density at radius 3 is 2.47 bits per heavy atom. The third kappa shape index (κ3) is 3.86. The molecule has 0 heterocycles. The number of carbonyl (C=O) groups excluding carboxylic acids is 1. The molecule has 0 aliphatic heterocycles. The van der Waals surface area contributed by atoms with E-state index in [1.54, 1.807) is 0 Å². The fourth-order valence-corrected chi connectivity index (χ4v) is 8.92. The van der Waals surface area contributed by atoms with Gasteiger partial charge in [-0.3, -0.25) is 4.79 Å². The third-order valence-corrected chi connectivity index (χ3v) is 10.5. The van der Waals surface area contributed by atoms with Gasteiger partial charge in [-0.2, -0.15) is 0 Å². The number of aliphatic hydroxyl groups excluding tert-OH is 1. The van der Waals surface area contributed by atoms with Gasteiger partial charge < -0.3 is 10.4 Å². The fourth-order valence-electron chi connectivity index (χ4n) is 8.92. The van der Waals surface area contributed by atoms with Gasteiger partial charge in [0.2, 0.25) is 5.91 Å². The average molecular weight is 418 g/mol. The van der Waals surface area contributed by atoms with Gasteiger partial charge >= 0.3 is 0 Å². The van der Waals surface area contributed by atoms with Gasteiger partial charge in [0, 0.05) is 12.5 Å². The maximum Gasteiger partial charge on any atom is 0.220 e. The van der Waals surface area contributed by atoms with Crippen molar-refractivity contribution in [2.45, 2.75) is 117 Å². The number of rotatable bonds is 5. The number of amides is 1. The van der Waals surface area contributed by atoms with Crippen molar-refractivity contribution in [3.8, 4) is 0 Å². The molecule has 3 heteroatoms. The molecule has 0 bridgehead atoms. The molecule has 0 saturated heterocycles. The number of hydrogen-bond donors (Lipinski definition) is 2. The highest BCUT2D eigenvalue weighted by atomic mass is 16.3. The molecular weight excluding hydrogens is 370 g/mol. The number of aliphatic hydroxyl groups is 1. The van der Waals surface area contributed by atoms with Crippen LogP contribution in [0, 0.1) is 46.3 Å². The maximum atomic E-state index is 12.1. The molecule has 4 saturated carbocycles. The summed E-state index contributed by atoms with van der Waals surface area (Å²) in [5.41, 5.74) is 0.840. The molecule has 4 rings (SSSR count). The molecule has 9 unspecified atom stereocenters. The fraction of sp³-hybridized carbons (Fsp3) is 0.963. The first-order valence-electron chi connectivity index (χ1n) is 13.1. The number of carbonyl (C=O) groups is 1. The lowest BCUT2D eigenvalue weighted by Gasteiger charge is -2.62. The Balaban J connectivity index is 1.43. The molecule has 172 valence electrons. The van der Waals surface area contributed by atoms with Crippen molar-refractivity contribution in [3.63, 3.8) is 0 Å². The first-order chi connectivity index (χ1) is 14.1. The minimum absolute atomic E-state index is 0.0847. The molecule has 30 heavy (non-hydrogen) atoms. The van der Waals surface area contributed by atoms with Crippen LogP contribution in [0.5, 0.6) is 0 Å². The molecule has 1 amide bonds. The molecule has 4 aliphatic rings. The molecule has 0 aromatic rings. The van der Waals surface area contributed by atoms with Gasteiger partial charge in [-0.25, -0.2) is 0 Å². The summed E-state index contributed by atoms with van der Waals surface area (Å²) >= 11 is 0. The molecule has 0 spiro atoms. The number of nitrogens with one attached hydrogen (secondary N) is 1. The Morgan fingerprint density at radius 2 is 1.73 bits per heavy atom. The van der Waals surface area contributed by atoms with Crippen LogP contribution in [-0.4, -0.2) is 23.2 Å². The molecule has 0 radical (unpaired) electrons. The van der Waals surface area contributed by atoms with Crippen LogP contribution in [0.3, 0.4) is 0 Å². The van der Waals surface area contributed by atoms with E-state index in [0.29, 0.717) is 29.1 Å². The van der Waals surface area contributed by atoms with Crippen LogP contribution in [0.1, 0.15) is 105 Å². The van der Waals surface area contributed by atoms with Gasteiger partial charge in [0.05, 0.1) is 6.10 Å². The topological polar surface area (TPSA) is 49.3 Å². The van der Waals surface area contributed by atoms with Crippen LogP contribution in [0.25, 0.3) is 0 Å². The van der Waals surface area contributed by atoms with Crippen molar-refractivity contribution in [2.75, 3.05) is 0 Å². The first kappa shape index (κ1) is 22.6. The SMILES string of the molecule is CC1CCC2(C)C(C1)CC(O)C1C3CCC(CCCC(=O)NC(C)C)C3(C)CCC12. The summed E-state index contributed by atoms with van der Waals surface area (Å²) in [6, 6.07) is 0.238. The molecule has 2 N–H and O–H groups in total. The van der Waals surface area contributed by atoms with Crippen LogP contribution in [0.4, 0.5) is 0 Å². The monoisotopic (exact) mass is 417 g/mol. The highest BCUT2D eigenvalue weighted by molar-refractivity contribution is 5.76. The second-order valence-corrected chi connectivity index (χ2v) is 12.6. The molecule has 0 aromatic heterocycles. The van der Waals surface area contributed by atoms with Gasteiger partial charge in [0.1, 0.15) is 0 Å². The van der Waals surface area contributed by atoms with E-state index in [4.69, 9.17) is 0 Å². The molecular formula is C27H47NO2. The predicted octanol–water partition coefficient (Wildman–Crippen LogP) is 5.95. The first-order valence-corrected chi connectivity index (χ1v) is 13.1. The van der Waals surface area contributed by atoms with Gasteiger partial charge in [0.25, 0.3) is 0 Å². The highest BCUT2D eigenvalue weighted by Gasteiger charge is 2.62. The van der Waals surface area contributed by atoms with Crippen LogP contribution >= 0.6 is 0 Å². The summed E-state index contributed by atoms with van der Waals surface area (Å²) in [5.74, 6) is 4.46. The summed E-state index contributed by atoms with van der Waals surface area (Å²) in [6.45, 7) is 11.6. The van der Waals surface area contributed by atoms with E-state index in [1.807, 2.05) is 13.8 Å². The van der Waals surface area contributed by atoms with Crippen molar-refractivity contribution in [1.29, 1.82) is 0 Å². The van der Waals surface area contributed by atoms with E-state index < -0.39 is 0 Å². The standard InChI is InChI=1S/C27H47NO2/c1-17(2)28-24(30)8-6-7-19-9-10-21-25-22(12-14-26(19,21)4)27(5)13-11-18(3)15-20(27)16-23(25)29/h17-23,25,29H,6-16H2,1-5H3,(H,28,30). The summed E-state index contributed by atoms with van der Waals surface area (Å²) in [7, 11) is 0. The van der Waals surface area contributed by atoms with Crippen molar-refractivity contribution in [2.24, 2.45) is 46.3 Å². The normalized spacial score (nSPS) is 48.0. The quantitative estimate of drug-likeness (QED) is 0.581. The molecule has 9 atom stereocenters. The maximum absolute atomic E-state index is 12.1. The number of hydrogen-bond acceptors (Lipinski definition) is 2. The lowest BCUT2D eigenvalue weighted by Crippen LogP contribution is -2.58. The van der Waals surface area contributed by atoms with E-state index in [1.165, 1.54) is 51.4 Å². The van der Waals surface area contributed by atoms with Gasteiger partial charge in [-0.1, -0.05) is 27.2 Å². The molecule has 0 aromatic carbocycles. The Bertz CT molecular complexity index is 632. The van der Waals surface area contributed by atoms with Crippen molar-refractivity contribution in [3.05, 3.63) is 0 Å². The Kier molecular flexibility index (Phi) is 6.34. The summed E-state index contributed by atoms with van der Waals surface area (Å²) in [6.07, 6.45) is 13.2. The predicted molar refractivity (Wildman–Crippen MR) is 123 cm³/mol. The van der Waals surface area contributed by atoms with Crippen LogP contribution < -0.4 is 5.32 Å². The zero-order valence-electron chi connectivity index (χ0n) is 20.3. The lowest BCUT2D eigenvalue weighted by molar-refractivity contribution is -0.167. The summed E-state index contributed by atoms with van der Waals surface area (Å²) in [5, 5.41) is 14.4. The number of fused-ring (bicyclic) bond motifs is 5. The molecule has 4 fully saturated rings. The smallest absolute Gasteiger partial charge is 0.220 e. The van der Waals surface area contributed by atoms with Crippen molar-refractivity contribution in [1.82, 2.24) is 5.32 Å². The Hall–Kier alpha value is -0.570.